The largest absolute Gasteiger partial charge is 0.259 e. The van der Waals surface area contributed by atoms with Crippen LogP contribution in [0.1, 0.15) is 12.5 Å². The minimum absolute atomic E-state index is 0.0154. The maximum Gasteiger partial charge on any atom is 0.243 e. The number of hydrogen-bond donors (Lipinski definition) is 0. The minimum Gasteiger partial charge on any atom is -0.259 e. The van der Waals surface area contributed by atoms with Crippen molar-refractivity contribution in [3.8, 4) is 5.82 Å². The summed E-state index contributed by atoms with van der Waals surface area (Å²) < 4.78 is 14.1. The second-order valence-corrected chi connectivity index (χ2v) is 3.60. The molecule has 0 saturated heterocycles. The fourth-order valence-electron chi connectivity index (χ4n) is 1.33. The molecule has 92 valence electrons. The van der Waals surface area contributed by atoms with Crippen molar-refractivity contribution in [2.45, 2.75) is 6.92 Å². The summed E-state index contributed by atoms with van der Waals surface area (Å²) in [5.74, 6) is 0.00466. The lowest BCUT2D eigenvalue weighted by atomic mass is 10.3. The lowest BCUT2D eigenvalue weighted by Gasteiger charge is -1.98. The first kappa shape index (κ1) is 11.9. The van der Waals surface area contributed by atoms with Crippen LogP contribution in [0.15, 0.2) is 36.4 Å². The molecule has 2 aromatic rings. The normalized spacial score (nSPS) is 11.6. The summed E-state index contributed by atoms with van der Waals surface area (Å²) in [4.78, 5) is 13.8. The highest BCUT2D eigenvalue weighted by molar-refractivity contribution is 5.49. The number of halogens is 1. The number of rotatable bonds is 3. The van der Waals surface area contributed by atoms with Crippen LogP contribution in [0.5, 0.6) is 0 Å². The molecule has 18 heavy (non-hydrogen) atoms. The molecule has 0 spiro atoms. The zero-order chi connectivity index (χ0) is 13.1. The van der Waals surface area contributed by atoms with Crippen LogP contribution in [-0.4, -0.2) is 19.7 Å². The van der Waals surface area contributed by atoms with Gasteiger partial charge in [-0.05, 0) is 12.1 Å². The van der Waals surface area contributed by atoms with E-state index in [-0.39, 0.29) is 5.70 Å². The van der Waals surface area contributed by atoms with Gasteiger partial charge in [0.1, 0.15) is 5.82 Å². The molecule has 0 unspecified atom stereocenters. The molecule has 0 amide bonds. The maximum atomic E-state index is 12.7. The van der Waals surface area contributed by atoms with Gasteiger partial charge < -0.3 is 0 Å². The summed E-state index contributed by atoms with van der Waals surface area (Å²) in [6.45, 7) is 1.40. The predicted molar refractivity (Wildman–Crippen MR) is 62.0 cm³/mol. The fourth-order valence-corrected chi connectivity index (χ4v) is 1.33. The zero-order valence-corrected chi connectivity index (χ0v) is 9.45. The molecule has 0 atom stereocenters. The highest BCUT2D eigenvalue weighted by Gasteiger charge is 2.05. The van der Waals surface area contributed by atoms with Crippen molar-refractivity contribution >= 4 is 6.08 Å². The summed E-state index contributed by atoms with van der Waals surface area (Å²) in [6, 6.07) is 2.73. The standard InChI is InChI=1S/C11H9FN4O2/c1-8(16(17)18)4-9-5-14-15(7-9)11-3-2-10(12)6-13-11/h2-7H,1H3. The average molecular weight is 248 g/mol. The Morgan fingerprint density at radius 3 is 2.89 bits per heavy atom. The topological polar surface area (TPSA) is 73.8 Å². The third kappa shape index (κ3) is 2.57. The Morgan fingerprint density at radius 2 is 2.28 bits per heavy atom. The lowest BCUT2D eigenvalue weighted by Crippen LogP contribution is -1.97. The molecule has 2 heterocycles. The van der Waals surface area contributed by atoms with E-state index in [1.165, 1.54) is 36.0 Å². The van der Waals surface area contributed by atoms with E-state index in [4.69, 9.17) is 0 Å². The minimum atomic E-state index is -0.479. The second kappa shape index (κ2) is 4.74. The Hall–Kier alpha value is -2.57. The molecule has 0 aromatic carbocycles. The van der Waals surface area contributed by atoms with Crippen molar-refractivity contribution in [1.82, 2.24) is 14.8 Å². The first-order valence-corrected chi connectivity index (χ1v) is 5.05. The summed E-state index contributed by atoms with van der Waals surface area (Å²) >= 11 is 0. The van der Waals surface area contributed by atoms with Crippen molar-refractivity contribution in [2.24, 2.45) is 0 Å². The molecule has 0 aliphatic rings. The maximum absolute atomic E-state index is 12.7. The number of nitrogens with zero attached hydrogens (tertiary/aromatic N) is 4. The van der Waals surface area contributed by atoms with Crippen LogP contribution in [0, 0.1) is 15.9 Å². The van der Waals surface area contributed by atoms with E-state index < -0.39 is 10.7 Å². The molecule has 6 nitrogen and oxygen atoms in total. The third-order valence-electron chi connectivity index (χ3n) is 2.21. The number of hydrogen-bond acceptors (Lipinski definition) is 4. The molecule has 0 radical (unpaired) electrons. The van der Waals surface area contributed by atoms with Gasteiger partial charge in [0.05, 0.1) is 17.3 Å². The Kier molecular flexibility index (Phi) is 3.13. The number of nitro groups is 1. The molecule has 0 aliphatic heterocycles. The van der Waals surface area contributed by atoms with Gasteiger partial charge in [-0.25, -0.2) is 14.1 Å². The molecular weight excluding hydrogens is 239 g/mol. The van der Waals surface area contributed by atoms with E-state index in [9.17, 15) is 14.5 Å². The van der Waals surface area contributed by atoms with Crippen LogP contribution in [0.4, 0.5) is 4.39 Å². The smallest absolute Gasteiger partial charge is 0.243 e. The molecule has 2 aromatic heterocycles. The third-order valence-corrected chi connectivity index (χ3v) is 2.21. The van der Waals surface area contributed by atoms with Crippen molar-refractivity contribution in [2.75, 3.05) is 0 Å². The molecular formula is C11H9FN4O2. The van der Waals surface area contributed by atoms with Gasteiger partial charge in [0.25, 0.3) is 0 Å². The van der Waals surface area contributed by atoms with Crippen LogP contribution >= 0.6 is 0 Å². The van der Waals surface area contributed by atoms with Crippen molar-refractivity contribution in [3.63, 3.8) is 0 Å². The van der Waals surface area contributed by atoms with Gasteiger partial charge in [0.2, 0.25) is 5.70 Å². The first-order valence-electron chi connectivity index (χ1n) is 5.05. The number of pyridine rings is 1. The Bertz CT molecular complexity index is 604. The van der Waals surface area contributed by atoms with E-state index in [1.807, 2.05) is 0 Å². The molecule has 0 saturated carbocycles. The monoisotopic (exact) mass is 248 g/mol. The number of aromatic nitrogens is 3. The van der Waals surface area contributed by atoms with Crippen molar-refractivity contribution in [3.05, 3.63) is 57.9 Å². The summed E-state index contributed by atoms with van der Waals surface area (Å²) in [7, 11) is 0. The lowest BCUT2D eigenvalue weighted by molar-refractivity contribution is -0.422. The van der Waals surface area contributed by atoms with Gasteiger partial charge in [-0.1, -0.05) is 0 Å². The molecule has 0 bridgehead atoms. The van der Waals surface area contributed by atoms with Gasteiger partial charge in [0.15, 0.2) is 5.82 Å². The molecule has 0 aliphatic carbocycles. The van der Waals surface area contributed by atoms with Gasteiger partial charge in [0, 0.05) is 24.8 Å². The van der Waals surface area contributed by atoms with Gasteiger partial charge in [-0.15, -0.1) is 0 Å². The second-order valence-electron chi connectivity index (χ2n) is 3.60. The van der Waals surface area contributed by atoms with E-state index in [1.54, 1.807) is 6.20 Å². The summed E-state index contributed by atoms with van der Waals surface area (Å²) in [5, 5.41) is 14.5. The van der Waals surface area contributed by atoms with Gasteiger partial charge in [-0.3, -0.25) is 10.1 Å². The summed E-state index contributed by atoms with van der Waals surface area (Å²) in [6.07, 6.45) is 5.52. The van der Waals surface area contributed by atoms with Crippen molar-refractivity contribution < 1.29 is 9.31 Å². The summed E-state index contributed by atoms with van der Waals surface area (Å²) in [5.41, 5.74) is 0.594. The van der Waals surface area contributed by atoms with Gasteiger partial charge in [-0.2, -0.15) is 5.10 Å². The fraction of sp³-hybridized carbons (Fsp3) is 0.0909. The Balaban J connectivity index is 2.28. The van der Waals surface area contributed by atoms with Crippen LogP contribution in [0.25, 0.3) is 11.9 Å². The Morgan fingerprint density at radius 1 is 1.50 bits per heavy atom. The molecule has 2 rings (SSSR count). The first-order chi connectivity index (χ1) is 8.56. The molecule has 7 heteroatoms. The quantitative estimate of drug-likeness (QED) is 0.615. The van der Waals surface area contributed by atoms with Crippen LogP contribution in [0.2, 0.25) is 0 Å². The van der Waals surface area contributed by atoms with E-state index >= 15 is 0 Å². The Labute approximate surface area is 102 Å². The van der Waals surface area contributed by atoms with E-state index in [0.717, 1.165) is 6.20 Å². The molecule has 0 fully saturated rings. The predicted octanol–water partition coefficient (Wildman–Crippen LogP) is 2.04. The average Bonchev–Trinajstić information content (AvgIpc) is 2.78. The van der Waals surface area contributed by atoms with E-state index in [2.05, 4.69) is 10.1 Å². The van der Waals surface area contributed by atoms with Crippen LogP contribution in [0.3, 0.4) is 0 Å². The number of allylic oxidation sites excluding steroid dienone is 1. The zero-order valence-electron chi connectivity index (χ0n) is 9.45. The molecule has 0 N–H and O–H groups in total. The SMILES string of the molecule is CC(=Cc1cnn(-c2ccc(F)cn2)c1)[N+](=O)[O-]. The highest BCUT2D eigenvalue weighted by Crippen LogP contribution is 2.09. The van der Waals surface area contributed by atoms with E-state index in [0.29, 0.717) is 11.4 Å². The van der Waals surface area contributed by atoms with Crippen LogP contribution in [-0.2, 0) is 0 Å². The van der Waals surface area contributed by atoms with Gasteiger partial charge >= 0.3 is 0 Å². The van der Waals surface area contributed by atoms with Crippen molar-refractivity contribution in [1.29, 1.82) is 0 Å². The van der Waals surface area contributed by atoms with Crippen LogP contribution < -0.4 is 0 Å². The highest BCUT2D eigenvalue weighted by atomic mass is 19.1.